The molecule has 58 valence electrons. The predicted molar refractivity (Wildman–Crippen MR) is 44.6 cm³/mol. The summed E-state index contributed by atoms with van der Waals surface area (Å²) in [5.74, 6) is 0.148. The lowest BCUT2D eigenvalue weighted by atomic mass is 10.2. The van der Waals surface area contributed by atoms with Crippen molar-refractivity contribution in [2.75, 3.05) is 0 Å². The van der Waals surface area contributed by atoms with Gasteiger partial charge in [0.15, 0.2) is 5.78 Å². The maximum absolute atomic E-state index is 11.2. The average molecular weight is 149 g/mol. The van der Waals surface area contributed by atoms with E-state index in [9.17, 15) is 4.79 Å². The molecule has 11 heavy (non-hydrogen) atoms. The molecule has 2 heteroatoms. The number of hydrogen-bond donors (Lipinski definition) is 1. The number of allylic oxidation sites excluding steroid dienone is 1. The molecule has 0 bridgehead atoms. The lowest BCUT2D eigenvalue weighted by Gasteiger charge is -1.92. The monoisotopic (exact) mass is 149 g/mol. The van der Waals surface area contributed by atoms with Crippen molar-refractivity contribution in [2.24, 2.45) is 0 Å². The van der Waals surface area contributed by atoms with Crippen LogP contribution >= 0.6 is 0 Å². The Kier molecular flexibility index (Phi) is 2.66. The van der Waals surface area contributed by atoms with E-state index in [2.05, 4.69) is 11.6 Å². The minimum Gasteiger partial charge on any atom is -0.359 e. The van der Waals surface area contributed by atoms with Gasteiger partial charge in [-0.1, -0.05) is 6.08 Å². The van der Waals surface area contributed by atoms with Gasteiger partial charge in [0.05, 0.1) is 5.69 Å². The van der Waals surface area contributed by atoms with Crippen LogP contribution in [0.4, 0.5) is 0 Å². The summed E-state index contributed by atoms with van der Waals surface area (Å²) in [6.07, 6.45) is 4.80. The number of hydrogen-bond acceptors (Lipinski definition) is 1. The Labute approximate surface area is 65.9 Å². The summed E-state index contributed by atoms with van der Waals surface area (Å²) in [6.45, 7) is 3.55. The SMILES string of the molecule is C=CCCC(=O)c1ccc[nH]1. The third kappa shape index (κ3) is 2.08. The van der Waals surface area contributed by atoms with Crippen LogP contribution in [0, 0.1) is 0 Å². The second-order valence-electron chi connectivity index (χ2n) is 2.33. The molecule has 0 fully saturated rings. The molecule has 0 saturated heterocycles. The van der Waals surface area contributed by atoms with Crippen LogP contribution in [-0.4, -0.2) is 10.8 Å². The molecular formula is C9H11NO. The molecule has 0 atom stereocenters. The van der Waals surface area contributed by atoms with E-state index in [4.69, 9.17) is 0 Å². The highest BCUT2D eigenvalue weighted by Crippen LogP contribution is 2.01. The maximum atomic E-state index is 11.2. The summed E-state index contributed by atoms with van der Waals surface area (Å²) < 4.78 is 0. The minimum absolute atomic E-state index is 0.148. The van der Waals surface area contributed by atoms with Crippen LogP contribution in [0.3, 0.4) is 0 Å². The van der Waals surface area contributed by atoms with Crippen LogP contribution in [0.5, 0.6) is 0 Å². The normalized spacial score (nSPS) is 9.45. The second-order valence-corrected chi connectivity index (χ2v) is 2.33. The molecule has 2 nitrogen and oxygen atoms in total. The highest BCUT2D eigenvalue weighted by Gasteiger charge is 2.03. The number of aromatic nitrogens is 1. The fraction of sp³-hybridized carbons (Fsp3) is 0.222. The molecule has 1 N–H and O–H groups in total. The van der Waals surface area contributed by atoms with Crippen LogP contribution in [0.1, 0.15) is 23.3 Å². The molecule has 0 saturated carbocycles. The molecule has 0 radical (unpaired) electrons. The van der Waals surface area contributed by atoms with E-state index >= 15 is 0 Å². The lowest BCUT2D eigenvalue weighted by Crippen LogP contribution is -1.97. The summed E-state index contributed by atoms with van der Waals surface area (Å²) in [5.41, 5.74) is 0.687. The second kappa shape index (κ2) is 3.76. The fourth-order valence-corrected chi connectivity index (χ4v) is 0.872. The Hall–Kier alpha value is -1.31. The van der Waals surface area contributed by atoms with Crippen LogP contribution < -0.4 is 0 Å². The highest BCUT2D eigenvalue weighted by molar-refractivity contribution is 5.94. The number of nitrogens with one attached hydrogen (secondary N) is 1. The zero-order valence-electron chi connectivity index (χ0n) is 6.34. The van der Waals surface area contributed by atoms with Crippen molar-refractivity contribution in [3.63, 3.8) is 0 Å². The third-order valence-electron chi connectivity index (χ3n) is 1.47. The Bertz CT molecular complexity index is 236. The smallest absolute Gasteiger partial charge is 0.179 e. The first-order chi connectivity index (χ1) is 5.34. The van der Waals surface area contributed by atoms with E-state index in [0.717, 1.165) is 6.42 Å². The standard InChI is InChI=1S/C9H11NO/c1-2-3-6-9(11)8-5-4-7-10-8/h2,4-5,7,10H,1,3,6H2. The van der Waals surface area contributed by atoms with Crippen LogP contribution in [0.25, 0.3) is 0 Å². The molecule has 0 amide bonds. The van der Waals surface area contributed by atoms with Gasteiger partial charge in [0.2, 0.25) is 0 Å². The van der Waals surface area contributed by atoms with E-state index in [1.54, 1.807) is 18.3 Å². The van der Waals surface area contributed by atoms with E-state index in [-0.39, 0.29) is 5.78 Å². The molecular weight excluding hydrogens is 138 g/mol. The van der Waals surface area contributed by atoms with Crippen molar-refractivity contribution in [1.29, 1.82) is 0 Å². The molecule has 1 aromatic rings. The van der Waals surface area contributed by atoms with Gasteiger partial charge < -0.3 is 4.98 Å². The van der Waals surface area contributed by atoms with Crippen molar-refractivity contribution in [1.82, 2.24) is 4.98 Å². The maximum Gasteiger partial charge on any atom is 0.179 e. The zero-order valence-corrected chi connectivity index (χ0v) is 6.34. The van der Waals surface area contributed by atoms with Crippen molar-refractivity contribution in [3.05, 3.63) is 36.7 Å². The molecule has 1 aromatic heterocycles. The number of H-pyrrole nitrogens is 1. The Morgan fingerprint density at radius 3 is 3.09 bits per heavy atom. The Morgan fingerprint density at radius 1 is 1.73 bits per heavy atom. The molecule has 0 aromatic carbocycles. The van der Waals surface area contributed by atoms with E-state index < -0.39 is 0 Å². The molecule has 0 unspecified atom stereocenters. The van der Waals surface area contributed by atoms with Gasteiger partial charge in [0.1, 0.15) is 0 Å². The van der Waals surface area contributed by atoms with Crippen LogP contribution in [0.2, 0.25) is 0 Å². The fourth-order valence-electron chi connectivity index (χ4n) is 0.872. The molecule has 1 rings (SSSR count). The van der Waals surface area contributed by atoms with Gasteiger partial charge >= 0.3 is 0 Å². The van der Waals surface area contributed by atoms with Gasteiger partial charge in [-0.2, -0.15) is 0 Å². The predicted octanol–water partition coefficient (Wildman–Crippen LogP) is 2.16. The summed E-state index contributed by atoms with van der Waals surface area (Å²) in [4.78, 5) is 14.0. The average Bonchev–Trinajstić information content (AvgIpc) is 2.52. The molecule has 0 aliphatic rings. The number of ketones is 1. The molecule has 1 heterocycles. The first kappa shape index (κ1) is 7.79. The topological polar surface area (TPSA) is 32.9 Å². The number of rotatable bonds is 4. The number of carbonyl (C=O) groups excluding carboxylic acids is 1. The minimum atomic E-state index is 0.148. The first-order valence-electron chi connectivity index (χ1n) is 3.62. The van der Waals surface area contributed by atoms with Crippen molar-refractivity contribution in [2.45, 2.75) is 12.8 Å². The van der Waals surface area contributed by atoms with Gasteiger partial charge in [-0.05, 0) is 18.6 Å². The van der Waals surface area contributed by atoms with Crippen molar-refractivity contribution in [3.8, 4) is 0 Å². The van der Waals surface area contributed by atoms with E-state index in [0.29, 0.717) is 12.1 Å². The number of aromatic amines is 1. The Balaban J connectivity index is 2.49. The number of Topliss-reactive ketones (excluding diaryl/α,β-unsaturated/α-hetero) is 1. The number of carbonyl (C=O) groups is 1. The molecule has 0 aliphatic carbocycles. The van der Waals surface area contributed by atoms with Gasteiger partial charge in [-0.3, -0.25) is 4.79 Å². The summed E-state index contributed by atoms with van der Waals surface area (Å²) in [7, 11) is 0. The van der Waals surface area contributed by atoms with Crippen LogP contribution in [0.15, 0.2) is 31.0 Å². The summed E-state index contributed by atoms with van der Waals surface area (Å²) in [6, 6.07) is 3.60. The van der Waals surface area contributed by atoms with Crippen molar-refractivity contribution >= 4 is 5.78 Å². The van der Waals surface area contributed by atoms with Gasteiger partial charge in [-0.15, -0.1) is 6.58 Å². The van der Waals surface area contributed by atoms with Gasteiger partial charge in [0, 0.05) is 12.6 Å². The van der Waals surface area contributed by atoms with Crippen molar-refractivity contribution < 1.29 is 4.79 Å². The molecule has 0 spiro atoms. The Morgan fingerprint density at radius 2 is 2.55 bits per heavy atom. The largest absolute Gasteiger partial charge is 0.359 e. The zero-order chi connectivity index (χ0) is 8.10. The summed E-state index contributed by atoms with van der Waals surface area (Å²) in [5, 5.41) is 0. The quantitative estimate of drug-likeness (QED) is 0.516. The lowest BCUT2D eigenvalue weighted by molar-refractivity contribution is 0.0979. The van der Waals surface area contributed by atoms with Gasteiger partial charge in [0.25, 0.3) is 0 Å². The third-order valence-corrected chi connectivity index (χ3v) is 1.47. The van der Waals surface area contributed by atoms with Gasteiger partial charge in [-0.25, -0.2) is 0 Å². The highest BCUT2D eigenvalue weighted by atomic mass is 16.1. The summed E-state index contributed by atoms with van der Waals surface area (Å²) >= 11 is 0. The van der Waals surface area contributed by atoms with E-state index in [1.807, 2.05) is 6.07 Å². The van der Waals surface area contributed by atoms with E-state index in [1.165, 1.54) is 0 Å². The first-order valence-corrected chi connectivity index (χ1v) is 3.62. The molecule has 0 aliphatic heterocycles. The van der Waals surface area contributed by atoms with Crippen LogP contribution in [-0.2, 0) is 0 Å².